The molecule has 5 rings (SSSR count). The first-order chi connectivity index (χ1) is 17.7. The number of rotatable bonds is 9. The number of amides is 1. The molecule has 2 N–H and O–H groups in total. The van der Waals surface area contributed by atoms with E-state index in [-0.39, 0.29) is 5.91 Å². The maximum atomic E-state index is 12.6. The van der Waals surface area contributed by atoms with Gasteiger partial charge in [-0.2, -0.15) is 0 Å². The number of carbonyl (C=O) groups is 1. The van der Waals surface area contributed by atoms with Crippen LogP contribution < -0.4 is 10.6 Å². The molecule has 0 bridgehead atoms. The lowest BCUT2D eigenvalue weighted by molar-refractivity contribution is 0.0952. The highest BCUT2D eigenvalue weighted by Crippen LogP contribution is 2.34. The van der Waals surface area contributed by atoms with Crippen molar-refractivity contribution in [3.05, 3.63) is 102 Å². The smallest absolute Gasteiger partial charge is 0.251 e. The standard InChI is InChI=1S/C31H36N4O/c1-23(29-12-5-8-25-7-2-3-11-30(25)29)34-28-10-4-9-27(21-28)24-13-15-26(16-14-24)31(36)33-17-6-19-35-20-18-32-22-35/h2-3,5,7-8,11-16,18,20,22-23,27-28,34H,4,6,9-10,17,19,21H2,1H3,(H,33,36). The Kier molecular flexibility index (Phi) is 7.77. The van der Waals surface area contributed by atoms with Gasteiger partial charge in [0.15, 0.2) is 0 Å². The minimum atomic E-state index is -0.000666. The number of carbonyl (C=O) groups excluding carboxylic acids is 1. The van der Waals surface area contributed by atoms with Gasteiger partial charge in [-0.05, 0) is 72.6 Å². The van der Waals surface area contributed by atoms with Crippen molar-refractivity contribution in [1.82, 2.24) is 20.2 Å². The third-order valence-corrected chi connectivity index (χ3v) is 7.53. The molecule has 186 valence electrons. The maximum Gasteiger partial charge on any atom is 0.251 e. The summed E-state index contributed by atoms with van der Waals surface area (Å²) in [4.78, 5) is 16.6. The molecule has 3 unspecified atom stereocenters. The predicted molar refractivity (Wildman–Crippen MR) is 146 cm³/mol. The first kappa shape index (κ1) is 24.3. The molecule has 1 saturated carbocycles. The summed E-state index contributed by atoms with van der Waals surface area (Å²) in [5.41, 5.74) is 3.45. The lowest BCUT2D eigenvalue weighted by atomic mass is 9.80. The molecule has 5 heteroatoms. The molecule has 0 saturated heterocycles. The minimum absolute atomic E-state index is 0.000666. The summed E-state index contributed by atoms with van der Waals surface area (Å²) in [7, 11) is 0. The van der Waals surface area contributed by atoms with Crippen molar-refractivity contribution in [2.75, 3.05) is 6.54 Å². The fourth-order valence-corrected chi connectivity index (χ4v) is 5.61. The summed E-state index contributed by atoms with van der Waals surface area (Å²) in [6.45, 7) is 3.80. The van der Waals surface area contributed by atoms with Gasteiger partial charge in [0.1, 0.15) is 0 Å². The lowest BCUT2D eigenvalue weighted by Crippen LogP contribution is -2.35. The van der Waals surface area contributed by atoms with Crippen LogP contribution >= 0.6 is 0 Å². The summed E-state index contributed by atoms with van der Waals surface area (Å²) in [6.07, 6.45) is 11.2. The Hall–Kier alpha value is -3.44. The van der Waals surface area contributed by atoms with E-state index >= 15 is 0 Å². The van der Waals surface area contributed by atoms with Gasteiger partial charge in [-0.15, -0.1) is 0 Å². The zero-order valence-electron chi connectivity index (χ0n) is 21.1. The van der Waals surface area contributed by atoms with Crippen molar-refractivity contribution in [1.29, 1.82) is 0 Å². The summed E-state index contributed by atoms with van der Waals surface area (Å²) < 4.78 is 2.02. The van der Waals surface area contributed by atoms with Crippen LogP contribution in [0.25, 0.3) is 10.8 Å². The van der Waals surface area contributed by atoms with Crippen LogP contribution in [-0.4, -0.2) is 28.0 Å². The molecule has 0 spiro atoms. The van der Waals surface area contributed by atoms with E-state index in [2.05, 4.69) is 77.1 Å². The number of fused-ring (bicyclic) bond motifs is 1. The average molecular weight is 481 g/mol. The van der Waals surface area contributed by atoms with Crippen molar-refractivity contribution in [3.8, 4) is 0 Å². The van der Waals surface area contributed by atoms with Crippen LogP contribution in [0.5, 0.6) is 0 Å². The Morgan fingerprint density at radius 2 is 1.89 bits per heavy atom. The highest BCUT2D eigenvalue weighted by Gasteiger charge is 2.25. The molecule has 1 aromatic heterocycles. The van der Waals surface area contributed by atoms with Gasteiger partial charge in [-0.25, -0.2) is 4.98 Å². The van der Waals surface area contributed by atoms with Crippen LogP contribution in [-0.2, 0) is 6.54 Å². The molecule has 36 heavy (non-hydrogen) atoms. The first-order valence-corrected chi connectivity index (χ1v) is 13.2. The van der Waals surface area contributed by atoms with Crippen molar-refractivity contribution >= 4 is 16.7 Å². The van der Waals surface area contributed by atoms with Crippen LogP contribution in [0.4, 0.5) is 0 Å². The third kappa shape index (κ3) is 5.85. The highest BCUT2D eigenvalue weighted by atomic mass is 16.1. The van der Waals surface area contributed by atoms with Gasteiger partial charge in [0.2, 0.25) is 0 Å². The number of hydrogen-bond donors (Lipinski definition) is 2. The molecule has 3 atom stereocenters. The van der Waals surface area contributed by atoms with E-state index in [1.807, 2.05) is 22.9 Å². The molecule has 4 aromatic rings. The molecular formula is C31H36N4O. The molecule has 5 nitrogen and oxygen atoms in total. The van der Waals surface area contributed by atoms with E-state index in [4.69, 9.17) is 0 Å². The first-order valence-electron chi connectivity index (χ1n) is 13.2. The predicted octanol–water partition coefficient (Wildman–Crippen LogP) is 6.23. The third-order valence-electron chi connectivity index (χ3n) is 7.53. The molecule has 3 aromatic carbocycles. The Bertz CT molecular complexity index is 1260. The van der Waals surface area contributed by atoms with Gasteiger partial charge in [0.25, 0.3) is 5.91 Å². The number of aromatic nitrogens is 2. The quantitative estimate of drug-likeness (QED) is 0.279. The zero-order valence-corrected chi connectivity index (χ0v) is 21.1. The average Bonchev–Trinajstić information content (AvgIpc) is 3.44. The van der Waals surface area contributed by atoms with Gasteiger partial charge in [0.05, 0.1) is 6.33 Å². The minimum Gasteiger partial charge on any atom is -0.352 e. The molecule has 1 heterocycles. The van der Waals surface area contributed by atoms with Gasteiger partial charge < -0.3 is 15.2 Å². The van der Waals surface area contributed by atoms with Crippen molar-refractivity contribution in [2.24, 2.45) is 0 Å². The molecule has 0 aliphatic heterocycles. The van der Waals surface area contributed by atoms with Crippen LogP contribution in [0.2, 0.25) is 0 Å². The second kappa shape index (κ2) is 11.5. The van der Waals surface area contributed by atoms with Gasteiger partial charge in [-0.1, -0.05) is 61.0 Å². The van der Waals surface area contributed by atoms with E-state index < -0.39 is 0 Å². The largest absolute Gasteiger partial charge is 0.352 e. The molecule has 1 fully saturated rings. The van der Waals surface area contributed by atoms with Gasteiger partial charge >= 0.3 is 0 Å². The Labute approximate surface area is 214 Å². The van der Waals surface area contributed by atoms with Gasteiger partial charge in [0, 0.05) is 43.1 Å². The summed E-state index contributed by atoms with van der Waals surface area (Å²) in [6, 6.07) is 24.3. The number of aryl methyl sites for hydroxylation is 1. The molecule has 1 amide bonds. The van der Waals surface area contributed by atoms with Crippen molar-refractivity contribution in [3.63, 3.8) is 0 Å². The number of nitrogens with zero attached hydrogens (tertiary/aromatic N) is 2. The number of benzene rings is 3. The molecule has 1 aliphatic rings. The van der Waals surface area contributed by atoms with E-state index in [9.17, 15) is 4.79 Å². The SMILES string of the molecule is CC(NC1CCCC(c2ccc(C(=O)NCCCn3ccnc3)cc2)C1)c1cccc2ccccc12. The number of nitrogens with one attached hydrogen (secondary N) is 2. The second-order valence-electron chi connectivity index (χ2n) is 10.0. The topological polar surface area (TPSA) is 59.0 Å². The maximum absolute atomic E-state index is 12.6. The molecular weight excluding hydrogens is 444 g/mol. The Morgan fingerprint density at radius 1 is 1.06 bits per heavy atom. The fourth-order valence-electron chi connectivity index (χ4n) is 5.61. The number of hydrogen-bond acceptors (Lipinski definition) is 3. The lowest BCUT2D eigenvalue weighted by Gasteiger charge is -2.32. The van der Waals surface area contributed by atoms with Crippen LogP contribution in [0, 0.1) is 0 Å². The fraction of sp³-hybridized carbons (Fsp3) is 0.355. The van der Waals surface area contributed by atoms with E-state index in [1.165, 1.54) is 41.2 Å². The van der Waals surface area contributed by atoms with E-state index in [0.717, 1.165) is 24.9 Å². The number of imidazole rings is 1. The summed E-state index contributed by atoms with van der Waals surface area (Å²) >= 11 is 0. The Balaban J connectivity index is 1.14. The van der Waals surface area contributed by atoms with Gasteiger partial charge in [-0.3, -0.25) is 4.79 Å². The molecule has 1 aliphatic carbocycles. The summed E-state index contributed by atoms with van der Waals surface area (Å²) in [5.74, 6) is 0.530. The molecule has 0 radical (unpaired) electrons. The Morgan fingerprint density at radius 3 is 2.72 bits per heavy atom. The second-order valence-corrected chi connectivity index (χ2v) is 10.0. The van der Waals surface area contributed by atoms with Crippen LogP contribution in [0.1, 0.15) is 72.5 Å². The highest BCUT2D eigenvalue weighted by molar-refractivity contribution is 5.94. The van der Waals surface area contributed by atoms with E-state index in [1.54, 1.807) is 12.5 Å². The van der Waals surface area contributed by atoms with E-state index in [0.29, 0.717) is 24.5 Å². The zero-order chi connectivity index (χ0) is 24.7. The van der Waals surface area contributed by atoms with Crippen LogP contribution in [0.15, 0.2) is 85.5 Å². The monoisotopic (exact) mass is 480 g/mol. The van der Waals surface area contributed by atoms with Crippen LogP contribution in [0.3, 0.4) is 0 Å². The summed E-state index contributed by atoms with van der Waals surface area (Å²) in [5, 5.41) is 9.59. The normalized spacial score (nSPS) is 18.7. The van der Waals surface area contributed by atoms with Crippen molar-refractivity contribution < 1.29 is 4.79 Å². The van der Waals surface area contributed by atoms with Crippen molar-refractivity contribution in [2.45, 2.75) is 63.6 Å².